The van der Waals surface area contributed by atoms with E-state index < -0.39 is 205 Å². The highest BCUT2D eigenvalue weighted by Crippen LogP contribution is 2.32. The second-order valence-corrected chi connectivity index (χ2v) is 40.1. The summed E-state index contributed by atoms with van der Waals surface area (Å²) in [5.41, 5.74) is 10.1. The molecule has 0 radical (unpaired) electrons. The molecule has 0 bridgehead atoms. The third-order valence-electron chi connectivity index (χ3n) is 18.6. The van der Waals surface area contributed by atoms with Gasteiger partial charge in [0.2, 0.25) is 23.6 Å². The number of aryl methyl sites for hydroxylation is 4. The van der Waals surface area contributed by atoms with Crippen molar-refractivity contribution in [3.63, 3.8) is 0 Å². The van der Waals surface area contributed by atoms with Crippen LogP contribution in [0.4, 0.5) is 0 Å². The molecule has 0 saturated carbocycles. The molecule has 5 aromatic heterocycles. The van der Waals surface area contributed by atoms with Crippen LogP contribution in [-0.4, -0.2) is 281 Å². The number of nitrogens with one attached hydrogen (secondary N) is 4. The molecule has 8 aromatic rings. The predicted octanol–water partition coefficient (Wildman–Crippen LogP) is -1.32. The molecule has 0 aliphatic heterocycles. The Kier molecular flexibility index (Phi) is 45.2. The summed E-state index contributed by atoms with van der Waals surface area (Å²) in [4.78, 5) is 207. The van der Waals surface area contributed by atoms with E-state index in [-0.39, 0.29) is 94.2 Å². The average Bonchev–Trinajstić information content (AvgIpc) is 1.58. The summed E-state index contributed by atoms with van der Waals surface area (Å²) in [7, 11) is -4.79. The van der Waals surface area contributed by atoms with E-state index in [4.69, 9.17) is 26.4 Å². The van der Waals surface area contributed by atoms with Crippen LogP contribution in [0.1, 0.15) is 113 Å². The van der Waals surface area contributed by atoms with Crippen molar-refractivity contribution in [2.45, 2.75) is 165 Å². The van der Waals surface area contributed by atoms with Crippen LogP contribution in [0.15, 0.2) is 156 Å². The van der Waals surface area contributed by atoms with Crippen LogP contribution in [0.2, 0.25) is 0 Å². The Labute approximate surface area is 782 Å². The maximum Gasteiger partial charge on any atom is 0.369 e. The van der Waals surface area contributed by atoms with Crippen LogP contribution in [0.5, 0.6) is 0 Å². The number of benzene rings is 3. The Morgan fingerprint density at radius 1 is 0.448 bits per heavy atom. The molecule has 10 atom stereocenters. The predicted molar refractivity (Wildman–Crippen MR) is 485 cm³/mol. The van der Waals surface area contributed by atoms with Gasteiger partial charge in [0.05, 0.1) is 101 Å². The zero-order valence-electron chi connectivity index (χ0n) is 73.9. The van der Waals surface area contributed by atoms with Crippen LogP contribution >= 0.6 is 47.0 Å². The topological polar surface area (TPSA) is 702 Å². The second-order valence-electron chi connectivity index (χ2n) is 29.2. The highest BCUT2D eigenvalue weighted by molar-refractivity contribution is 8.01. The number of carbonyl (C=O) groups excluding carboxylic acids is 10. The molecule has 8 rings (SSSR count). The first kappa shape index (κ1) is 112. The number of ketones is 4. The van der Waals surface area contributed by atoms with Gasteiger partial charge in [0.1, 0.15) is 57.8 Å². The molecular formula is C78H103N21O28S7. The van der Waals surface area contributed by atoms with Crippen molar-refractivity contribution in [1.29, 1.82) is 0 Å². The first-order valence-corrected chi connectivity index (χ1v) is 49.1. The molecule has 0 spiro atoms. The molecule has 5 heterocycles. The molecule has 56 heteroatoms. The van der Waals surface area contributed by atoms with E-state index in [0.29, 0.717) is 5.69 Å². The molecule has 0 fully saturated rings. The first-order valence-electron chi connectivity index (χ1n) is 40.0. The lowest BCUT2D eigenvalue weighted by molar-refractivity contribution is -0.144. The fourth-order valence-corrected chi connectivity index (χ4v) is 21.8. The zero-order chi connectivity index (χ0) is 100. The van der Waals surface area contributed by atoms with E-state index in [1.807, 2.05) is 0 Å². The minimum absolute atomic E-state index is 0.00968. The van der Waals surface area contributed by atoms with Crippen molar-refractivity contribution in [3.05, 3.63) is 170 Å². The van der Waals surface area contributed by atoms with Gasteiger partial charge in [-0.25, -0.2) is 54.0 Å². The molecule has 730 valence electrons. The number of hydrogen-bond donors (Lipinski definition) is 9. The number of carboxylic acids is 3. The number of nitrogens with two attached hydrogens (primary N) is 2. The first-order chi connectivity index (χ1) is 63.0. The summed E-state index contributed by atoms with van der Waals surface area (Å²) < 4.78 is 95.0. The normalized spacial score (nSPS) is 13.6. The standard InChI is InChI=1S/C23H32N6O8S2.C22H29N7O8S.C17H22N4O6S2.C16H20N4O6S2/c1-14-4-6-16(7-5-14)39(36,37)13-21(29-23(35)28(3)26-27-29)38-12-18(19(31)9-11-22(33)34)25-20(32)10-8-17(24)15(2)30;1-13(30)15(23)5-7-18(32)25-16(17(31)6-8-20(33)34)12-38-19(10-21(35)37-2)29-22(36)28(26-27-29)14-4-3-9-24-11-14;1-12(22)19-14(16(23)27-3)9-28-15(21-17(24)20(2)11-18-21)10-29(25,26)13-7-5-4-6-8-13;1-11(21)18-13(15(22)23)8-27-14(20-16(24)19(2)10-17-20)9-28(25,26)12-6-4-3-5-7-12/h4-7,17-18,21H,8-13,24H2,1-3H3,(H,25,32)(H,33,34);3-4,9,11,15-16,19H,5-8,10,12,23H2,1-2H3,(H,25,32)(H,33,34);4-8,11,14-15H,9-10H2,1-3H3,(H,19,22);3-7,10,13-14H,8-9H2,1-2H3,(H,18,21)(H,22,23)/t17-,18-,21?;15-,16-,19?;14-,15?;13-,14?/m0000/s1. The van der Waals surface area contributed by atoms with E-state index in [2.05, 4.69) is 62.0 Å². The monoisotopic (exact) mass is 2010 g/mol. The summed E-state index contributed by atoms with van der Waals surface area (Å²) in [6, 6.07) is 18.6. The van der Waals surface area contributed by atoms with E-state index in [1.54, 1.807) is 67.6 Å². The number of methoxy groups -OCH3 is 2. The minimum atomic E-state index is -3.92. The number of aliphatic carboxylic acids is 3. The van der Waals surface area contributed by atoms with Crippen LogP contribution in [0, 0.1) is 6.92 Å². The lowest BCUT2D eigenvalue weighted by Crippen LogP contribution is -2.44. The van der Waals surface area contributed by atoms with Crippen LogP contribution in [0.25, 0.3) is 5.69 Å². The molecule has 0 aliphatic carbocycles. The second kappa shape index (κ2) is 54.0. The van der Waals surface area contributed by atoms with Gasteiger partial charge >= 0.3 is 52.6 Å². The van der Waals surface area contributed by atoms with Gasteiger partial charge in [-0.3, -0.25) is 66.9 Å². The summed E-state index contributed by atoms with van der Waals surface area (Å²) >= 11 is 3.75. The number of Topliss-reactive ketones (excluding diaryl/α,β-unsaturated/α-hetero) is 4. The van der Waals surface area contributed by atoms with Crippen molar-refractivity contribution in [2.75, 3.05) is 54.5 Å². The van der Waals surface area contributed by atoms with Crippen molar-refractivity contribution in [2.24, 2.45) is 32.6 Å². The third-order valence-corrected chi connectivity index (χ3v) is 29.6. The Hall–Kier alpha value is -12.5. The molecule has 0 saturated heterocycles. The molecule has 4 unspecified atom stereocenters. The van der Waals surface area contributed by atoms with E-state index in [0.717, 1.165) is 80.7 Å². The van der Waals surface area contributed by atoms with Gasteiger partial charge < -0.3 is 57.5 Å². The Balaban J connectivity index is 0.000000319. The highest BCUT2D eigenvalue weighted by atomic mass is 32.2. The smallest absolute Gasteiger partial charge is 0.369 e. The number of sulfone groups is 3. The Morgan fingerprint density at radius 2 is 0.843 bits per heavy atom. The number of amides is 4. The van der Waals surface area contributed by atoms with Gasteiger partial charge in [-0.1, -0.05) is 54.1 Å². The average molecular weight is 2010 g/mol. The number of esters is 2. The highest BCUT2D eigenvalue weighted by Gasteiger charge is 2.35. The van der Waals surface area contributed by atoms with Gasteiger partial charge in [0.25, 0.3) is 0 Å². The summed E-state index contributed by atoms with van der Waals surface area (Å²) in [6.07, 6.45) is 3.24. The molecule has 11 N–H and O–H groups in total. The lowest BCUT2D eigenvalue weighted by atomic mass is 10.1. The SMILES string of the molecule is CC(=O)N[C@@H](CSC(CS(=O)(=O)c1ccccc1)n1ncn(C)c1=O)C(=O)O.CC(=O)[C@@H](N)CCC(=O)N[C@@H](CSC(CS(=O)(=O)c1ccc(C)cc1)n1nnn(C)c1=O)C(=O)CCC(=O)O.COC(=O)CC(SC[C@H](NC(=O)CC[C@H](N)C(C)=O)C(=O)CCC(=O)O)n1nnn(-c2cccnc2)c1=O.COC(=O)[C@H](CSC(CS(=O)(=O)c1ccccc1)n1ncn(C)c1=O)NC(C)=O. The number of tetrazole rings is 2. The zero-order valence-corrected chi connectivity index (χ0v) is 79.6. The van der Waals surface area contributed by atoms with E-state index in [9.17, 15) is 112 Å². The Morgan fingerprint density at radius 3 is 1.21 bits per heavy atom. The van der Waals surface area contributed by atoms with Gasteiger partial charge in [0, 0.05) is 89.9 Å². The summed E-state index contributed by atoms with van der Waals surface area (Å²) in [5, 5.41) is 55.9. The van der Waals surface area contributed by atoms with Crippen molar-refractivity contribution in [1.82, 2.24) is 94.5 Å². The Bertz CT molecular complexity index is 6010. The summed E-state index contributed by atoms with van der Waals surface area (Å²) in [6.45, 7) is 6.82. The largest absolute Gasteiger partial charge is 0.481 e. The number of carboxylic acid groups (broad SMARTS) is 3. The number of ether oxygens (including phenoxy) is 2. The van der Waals surface area contributed by atoms with Gasteiger partial charge in [-0.2, -0.15) is 38.3 Å². The number of hydrogen-bond acceptors (Lipinski definition) is 38. The molecule has 3 aromatic carbocycles. The quantitative estimate of drug-likeness (QED) is 0.0200. The molecular weight excluding hydrogens is 1900 g/mol. The van der Waals surface area contributed by atoms with E-state index in [1.165, 1.54) is 134 Å². The third kappa shape index (κ3) is 36.5. The van der Waals surface area contributed by atoms with Crippen LogP contribution < -0.4 is 55.5 Å². The van der Waals surface area contributed by atoms with Crippen molar-refractivity contribution in [3.8, 4) is 5.69 Å². The number of nitrogens with zero attached hydrogens (tertiary/aromatic N) is 15. The maximum atomic E-state index is 13.2. The molecule has 49 nitrogen and oxygen atoms in total. The van der Waals surface area contributed by atoms with Crippen molar-refractivity contribution >= 4 is 153 Å². The molecule has 134 heavy (non-hydrogen) atoms. The van der Waals surface area contributed by atoms with Gasteiger partial charge in [0.15, 0.2) is 41.1 Å². The number of carbonyl (C=O) groups is 13. The maximum absolute atomic E-state index is 13.2. The fourth-order valence-electron chi connectivity index (χ4n) is 11.2. The van der Waals surface area contributed by atoms with Crippen molar-refractivity contribution < 1.29 is 112 Å². The number of thioether (sulfide) groups is 4. The van der Waals surface area contributed by atoms with Gasteiger partial charge in [-0.05, 0) is 103 Å². The lowest BCUT2D eigenvalue weighted by Gasteiger charge is -2.21. The number of pyridine rings is 1. The van der Waals surface area contributed by atoms with E-state index >= 15 is 0 Å². The van der Waals surface area contributed by atoms with Crippen LogP contribution in [0.3, 0.4) is 0 Å². The fraction of sp³-hybridized carbons (Fsp3) is 0.462. The number of rotatable bonds is 50. The minimum Gasteiger partial charge on any atom is -0.481 e. The summed E-state index contributed by atoms with van der Waals surface area (Å²) in [5.74, 6) is -10.8. The molecule has 4 amide bonds. The number of aromatic nitrogens is 15. The molecule has 0 aliphatic rings. The van der Waals surface area contributed by atoms with Gasteiger partial charge in [-0.15, -0.1) is 47.0 Å². The van der Waals surface area contributed by atoms with Crippen LogP contribution in [-0.2, 0) is 122 Å².